The molecule has 0 fully saturated rings. The van der Waals surface area contributed by atoms with Gasteiger partial charge in [0.05, 0.1) is 11.4 Å². The molecule has 1 aliphatic heterocycles. The molecular weight excluding hydrogens is 492 g/mol. The second-order valence-electron chi connectivity index (χ2n) is 9.55. The molecule has 0 saturated carbocycles. The van der Waals surface area contributed by atoms with Crippen LogP contribution >= 0.6 is 0 Å². The van der Waals surface area contributed by atoms with Gasteiger partial charge in [0.25, 0.3) is 11.8 Å². The van der Waals surface area contributed by atoms with E-state index in [0.29, 0.717) is 29.8 Å². The topological polar surface area (TPSA) is 95.0 Å². The Bertz CT molecular complexity index is 1590. The Morgan fingerprint density at radius 1 is 0.872 bits per heavy atom. The summed E-state index contributed by atoms with van der Waals surface area (Å²) >= 11 is 0. The molecule has 4 amide bonds. The summed E-state index contributed by atoms with van der Waals surface area (Å²) in [5.41, 5.74) is 3.58. The van der Waals surface area contributed by atoms with Gasteiger partial charge in [-0.25, -0.2) is 4.90 Å². The molecule has 1 N–H and O–H groups in total. The smallest absolute Gasteiger partial charge is 0.258 e. The van der Waals surface area contributed by atoms with Crippen LogP contribution in [0.4, 0.5) is 11.4 Å². The number of rotatable bonds is 8. The standard InChI is InChI=1S/C32H26N2O5/c1-21(27-15-10-24-4-2-3-5-28(24)32(27)39)18-31(38)33(20-35)25-11-6-22(7-12-25)19-23-8-13-26(14-9-23)34-29(36)16-17-30(34)37/h2-17,20-21,39H,18-19H2,1H3. The van der Waals surface area contributed by atoms with Crippen LogP contribution in [0.25, 0.3) is 10.8 Å². The molecule has 4 aromatic rings. The van der Waals surface area contributed by atoms with Crippen molar-refractivity contribution >= 4 is 46.3 Å². The largest absolute Gasteiger partial charge is 0.507 e. The molecule has 1 aliphatic rings. The van der Waals surface area contributed by atoms with Crippen molar-refractivity contribution in [3.8, 4) is 5.75 Å². The van der Waals surface area contributed by atoms with E-state index in [4.69, 9.17) is 0 Å². The summed E-state index contributed by atoms with van der Waals surface area (Å²) < 4.78 is 0. The first kappa shape index (κ1) is 25.6. The van der Waals surface area contributed by atoms with Crippen molar-refractivity contribution in [3.63, 3.8) is 0 Å². The fourth-order valence-electron chi connectivity index (χ4n) is 4.83. The SMILES string of the molecule is CC(CC(=O)N(C=O)c1ccc(Cc2ccc(N3C(=O)C=CC3=O)cc2)cc1)c1ccc2ccccc2c1O. The van der Waals surface area contributed by atoms with Gasteiger partial charge in [0.15, 0.2) is 0 Å². The van der Waals surface area contributed by atoms with Crippen molar-refractivity contribution in [3.05, 3.63) is 114 Å². The maximum atomic E-state index is 13.1. The van der Waals surface area contributed by atoms with Gasteiger partial charge in [-0.15, -0.1) is 0 Å². The number of hydrogen-bond acceptors (Lipinski definition) is 5. The molecule has 0 spiro atoms. The van der Waals surface area contributed by atoms with E-state index in [1.807, 2.05) is 67.6 Å². The number of carbonyl (C=O) groups excluding carboxylic acids is 4. The Balaban J connectivity index is 1.24. The molecule has 5 rings (SSSR count). The lowest BCUT2D eigenvalue weighted by molar-refractivity contribution is -0.122. The fraction of sp³-hybridized carbons (Fsp3) is 0.125. The third-order valence-electron chi connectivity index (χ3n) is 6.94. The quantitative estimate of drug-likeness (QED) is 0.254. The van der Waals surface area contributed by atoms with Gasteiger partial charge >= 0.3 is 0 Å². The molecule has 4 aromatic carbocycles. The summed E-state index contributed by atoms with van der Waals surface area (Å²) in [6.07, 6.45) is 3.65. The summed E-state index contributed by atoms with van der Waals surface area (Å²) in [7, 11) is 0. The van der Waals surface area contributed by atoms with Crippen LogP contribution in [-0.4, -0.2) is 29.2 Å². The minimum Gasteiger partial charge on any atom is -0.507 e. The molecule has 1 unspecified atom stereocenters. The molecule has 0 saturated heterocycles. The first-order valence-corrected chi connectivity index (χ1v) is 12.6. The predicted octanol–water partition coefficient (Wildman–Crippen LogP) is 5.25. The number of amides is 4. The van der Waals surface area contributed by atoms with Crippen LogP contribution in [0.3, 0.4) is 0 Å². The van der Waals surface area contributed by atoms with E-state index in [1.54, 1.807) is 24.3 Å². The Morgan fingerprint density at radius 3 is 2.13 bits per heavy atom. The zero-order valence-corrected chi connectivity index (χ0v) is 21.3. The number of phenols is 1. The average Bonchev–Trinajstić information content (AvgIpc) is 3.28. The first-order valence-electron chi connectivity index (χ1n) is 12.6. The van der Waals surface area contributed by atoms with Gasteiger partial charge < -0.3 is 5.11 Å². The van der Waals surface area contributed by atoms with Crippen molar-refractivity contribution in [1.82, 2.24) is 0 Å². The van der Waals surface area contributed by atoms with Gasteiger partial charge in [-0.05, 0) is 58.7 Å². The molecule has 39 heavy (non-hydrogen) atoms. The van der Waals surface area contributed by atoms with Crippen LogP contribution < -0.4 is 9.80 Å². The van der Waals surface area contributed by atoms with Gasteiger partial charge in [-0.3, -0.25) is 24.1 Å². The number of nitrogens with zero attached hydrogens (tertiary/aromatic N) is 2. The molecule has 1 heterocycles. The number of benzene rings is 4. The minimum absolute atomic E-state index is 0.0519. The van der Waals surface area contributed by atoms with Crippen LogP contribution in [0.2, 0.25) is 0 Å². The number of aromatic hydroxyl groups is 1. The molecule has 1 atom stereocenters. The van der Waals surface area contributed by atoms with Crippen molar-refractivity contribution in [1.29, 1.82) is 0 Å². The lowest BCUT2D eigenvalue weighted by atomic mass is 9.93. The van der Waals surface area contributed by atoms with Crippen LogP contribution in [0.5, 0.6) is 5.75 Å². The summed E-state index contributed by atoms with van der Waals surface area (Å²) in [6, 6.07) is 25.6. The van der Waals surface area contributed by atoms with E-state index in [-0.39, 0.29) is 35.8 Å². The maximum absolute atomic E-state index is 13.1. The van der Waals surface area contributed by atoms with E-state index in [9.17, 15) is 24.3 Å². The highest BCUT2D eigenvalue weighted by Crippen LogP contribution is 2.35. The fourth-order valence-corrected chi connectivity index (χ4v) is 4.83. The molecule has 0 aromatic heterocycles. The second kappa shape index (κ2) is 10.8. The second-order valence-corrected chi connectivity index (χ2v) is 9.55. The summed E-state index contributed by atoms with van der Waals surface area (Å²) in [4.78, 5) is 50.9. The number of fused-ring (bicyclic) bond motifs is 1. The molecule has 7 nitrogen and oxygen atoms in total. The summed E-state index contributed by atoms with van der Waals surface area (Å²) in [5.74, 6) is -1.23. The average molecular weight is 519 g/mol. The molecule has 7 heteroatoms. The highest BCUT2D eigenvalue weighted by Gasteiger charge is 2.25. The van der Waals surface area contributed by atoms with Crippen molar-refractivity contribution < 1.29 is 24.3 Å². The third-order valence-corrected chi connectivity index (χ3v) is 6.94. The Labute approximate surface area is 225 Å². The van der Waals surface area contributed by atoms with Crippen LogP contribution in [0.15, 0.2) is 97.1 Å². The Morgan fingerprint density at radius 2 is 1.49 bits per heavy atom. The molecular formula is C32H26N2O5. The van der Waals surface area contributed by atoms with Gasteiger partial charge in [0.2, 0.25) is 12.3 Å². The number of hydrogen-bond donors (Lipinski definition) is 1. The van der Waals surface area contributed by atoms with Gasteiger partial charge in [0.1, 0.15) is 5.75 Å². The van der Waals surface area contributed by atoms with Crippen LogP contribution in [-0.2, 0) is 25.6 Å². The van der Waals surface area contributed by atoms with E-state index < -0.39 is 0 Å². The lowest BCUT2D eigenvalue weighted by Gasteiger charge is -2.20. The number of carbonyl (C=O) groups is 4. The van der Waals surface area contributed by atoms with E-state index >= 15 is 0 Å². The van der Waals surface area contributed by atoms with Crippen molar-refractivity contribution in [2.75, 3.05) is 9.80 Å². The van der Waals surface area contributed by atoms with Crippen LogP contribution in [0, 0.1) is 0 Å². The molecule has 0 radical (unpaired) electrons. The van der Waals surface area contributed by atoms with E-state index in [1.165, 1.54) is 12.2 Å². The van der Waals surface area contributed by atoms with Gasteiger partial charge in [0, 0.05) is 24.0 Å². The van der Waals surface area contributed by atoms with Crippen LogP contribution in [0.1, 0.15) is 36.0 Å². The monoisotopic (exact) mass is 518 g/mol. The molecule has 0 bridgehead atoms. The lowest BCUT2D eigenvalue weighted by Crippen LogP contribution is -2.30. The number of imide groups is 2. The zero-order chi connectivity index (χ0) is 27.5. The highest BCUT2D eigenvalue weighted by atomic mass is 16.3. The molecule has 194 valence electrons. The summed E-state index contributed by atoms with van der Waals surface area (Å²) in [5, 5.41) is 12.4. The number of anilines is 2. The summed E-state index contributed by atoms with van der Waals surface area (Å²) in [6.45, 7) is 1.85. The first-order chi connectivity index (χ1) is 18.9. The normalized spacial score (nSPS) is 13.6. The highest BCUT2D eigenvalue weighted by molar-refractivity contribution is 6.28. The predicted molar refractivity (Wildman–Crippen MR) is 150 cm³/mol. The van der Waals surface area contributed by atoms with E-state index in [0.717, 1.165) is 31.7 Å². The van der Waals surface area contributed by atoms with Crippen molar-refractivity contribution in [2.24, 2.45) is 0 Å². The van der Waals surface area contributed by atoms with Crippen molar-refractivity contribution in [2.45, 2.75) is 25.7 Å². The van der Waals surface area contributed by atoms with Gasteiger partial charge in [-0.1, -0.05) is 67.6 Å². The number of phenolic OH excluding ortho intramolecular Hbond substituents is 1. The maximum Gasteiger partial charge on any atom is 0.258 e. The Kier molecular flexibility index (Phi) is 7.06. The molecule has 0 aliphatic carbocycles. The zero-order valence-electron chi connectivity index (χ0n) is 21.3. The third kappa shape index (κ3) is 5.20. The van der Waals surface area contributed by atoms with E-state index in [2.05, 4.69) is 0 Å². The minimum atomic E-state index is -0.367. The van der Waals surface area contributed by atoms with Gasteiger partial charge in [-0.2, -0.15) is 0 Å². The Hall–Kier alpha value is -5.04.